The summed E-state index contributed by atoms with van der Waals surface area (Å²) in [5.41, 5.74) is 0.332. The number of rotatable bonds is 8. The lowest BCUT2D eigenvalue weighted by Crippen LogP contribution is -2.56. The van der Waals surface area contributed by atoms with Gasteiger partial charge in [-0.25, -0.2) is 4.79 Å². The van der Waals surface area contributed by atoms with Crippen molar-refractivity contribution in [2.24, 2.45) is 0 Å². The van der Waals surface area contributed by atoms with Gasteiger partial charge in [-0.05, 0) is 43.4 Å². The number of ether oxygens (including phenoxy) is 1. The molecular weight excluding hydrogens is 406 g/mol. The van der Waals surface area contributed by atoms with E-state index in [1.165, 1.54) is 10.5 Å². The van der Waals surface area contributed by atoms with E-state index in [-0.39, 0.29) is 31.0 Å². The summed E-state index contributed by atoms with van der Waals surface area (Å²) in [7, 11) is 0. The lowest BCUT2D eigenvalue weighted by atomic mass is 9.87. The average Bonchev–Trinajstić information content (AvgIpc) is 3.04. The summed E-state index contributed by atoms with van der Waals surface area (Å²) in [6, 6.07) is 19.1. The fourth-order valence-corrected chi connectivity index (χ4v) is 4.37. The van der Waals surface area contributed by atoms with Crippen molar-refractivity contribution in [2.75, 3.05) is 26.2 Å². The summed E-state index contributed by atoms with van der Waals surface area (Å²) in [5.74, 6) is 0.601. The lowest BCUT2D eigenvalue weighted by Gasteiger charge is -2.37. The van der Waals surface area contributed by atoms with Gasteiger partial charge in [-0.1, -0.05) is 48.5 Å². The minimum atomic E-state index is -0.898. The Bertz CT molecular complexity index is 940. The molecule has 0 radical (unpaired) electrons. The van der Waals surface area contributed by atoms with Crippen molar-refractivity contribution in [1.82, 2.24) is 15.1 Å². The number of hydrogen-bond donors (Lipinski definition) is 1. The van der Waals surface area contributed by atoms with Crippen LogP contribution in [-0.4, -0.2) is 59.4 Å². The minimum Gasteiger partial charge on any atom is -0.492 e. The Balaban J connectivity index is 1.23. The van der Waals surface area contributed by atoms with Gasteiger partial charge < -0.3 is 15.0 Å². The number of aryl methyl sites for hydroxylation is 1. The Hall–Kier alpha value is -3.35. The maximum absolute atomic E-state index is 13.0. The van der Waals surface area contributed by atoms with E-state index in [2.05, 4.69) is 17.4 Å². The molecule has 2 aromatic carbocycles. The Morgan fingerprint density at radius 1 is 0.969 bits per heavy atom. The van der Waals surface area contributed by atoms with Gasteiger partial charge in [0, 0.05) is 19.5 Å². The number of piperidine rings is 1. The number of carbonyl (C=O) groups excluding carboxylic acids is 3. The monoisotopic (exact) mass is 435 g/mol. The van der Waals surface area contributed by atoms with Crippen LogP contribution in [0.5, 0.6) is 5.75 Å². The molecule has 2 aliphatic rings. The van der Waals surface area contributed by atoms with Gasteiger partial charge >= 0.3 is 6.03 Å². The van der Waals surface area contributed by atoms with Crippen molar-refractivity contribution in [1.29, 1.82) is 0 Å². The molecule has 4 rings (SSSR count). The predicted molar refractivity (Wildman–Crippen MR) is 120 cm³/mol. The summed E-state index contributed by atoms with van der Waals surface area (Å²) in [5, 5.41) is 2.89. The largest absolute Gasteiger partial charge is 0.492 e. The number of imide groups is 1. The van der Waals surface area contributed by atoms with Gasteiger partial charge in [-0.2, -0.15) is 0 Å². The smallest absolute Gasteiger partial charge is 0.325 e. The normalized spacial score (nSPS) is 17.5. The number of amides is 4. The Morgan fingerprint density at radius 3 is 2.31 bits per heavy atom. The van der Waals surface area contributed by atoms with Crippen LogP contribution < -0.4 is 10.1 Å². The molecule has 2 aliphatic heterocycles. The molecule has 2 saturated heterocycles. The molecule has 0 unspecified atom stereocenters. The molecule has 32 heavy (non-hydrogen) atoms. The number of carbonyl (C=O) groups is 3. The van der Waals surface area contributed by atoms with Crippen LogP contribution in [0.15, 0.2) is 60.7 Å². The molecule has 7 heteroatoms. The van der Waals surface area contributed by atoms with Crippen LogP contribution in [0.3, 0.4) is 0 Å². The van der Waals surface area contributed by atoms with Gasteiger partial charge in [0.1, 0.15) is 17.9 Å². The van der Waals surface area contributed by atoms with Crippen LogP contribution in [-0.2, 0) is 16.0 Å². The van der Waals surface area contributed by atoms with E-state index >= 15 is 0 Å². The number of urea groups is 1. The van der Waals surface area contributed by atoms with Crippen molar-refractivity contribution < 1.29 is 19.1 Å². The molecule has 7 nitrogen and oxygen atoms in total. The van der Waals surface area contributed by atoms with Crippen molar-refractivity contribution >= 4 is 17.8 Å². The number of hydrogen-bond acceptors (Lipinski definition) is 4. The first-order valence-electron chi connectivity index (χ1n) is 11.2. The highest BCUT2D eigenvalue weighted by atomic mass is 16.5. The number of para-hydroxylation sites is 1. The second kappa shape index (κ2) is 9.85. The van der Waals surface area contributed by atoms with Crippen LogP contribution in [0.4, 0.5) is 4.79 Å². The van der Waals surface area contributed by atoms with Crippen LogP contribution in [0, 0.1) is 0 Å². The Morgan fingerprint density at radius 2 is 1.62 bits per heavy atom. The van der Waals surface area contributed by atoms with E-state index in [0.29, 0.717) is 38.1 Å². The predicted octanol–water partition coefficient (Wildman–Crippen LogP) is 3.00. The van der Waals surface area contributed by atoms with E-state index in [1.807, 2.05) is 53.4 Å². The van der Waals surface area contributed by atoms with E-state index in [9.17, 15) is 14.4 Å². The summed E-state index contributed by atoms with van der Waals surface area (Å²) in [6.45, 7) is 1.39. The molecule has 0 aromatic heterocycles. The van der Waals surface area contributed by atoms with Gasteiger partial charge in [0.2, 0.25) is 5.91 Å². The highest BCUT2D eigenvalue weighted by Crippen LogP contribution is 2.30. The van der Waals surface area contributed by atoms with E-state index in [4.69, 9.17) is 4.74 Å². The molecule has 0 aliphatic carbocycles. The van der Waals surface area contributed by atoms with Crippen molar-refractivity contribution in [3.8, 4) is 5.75 Å². The minimum absolute atomic E-state index is 0.112. The number of benzene rings is 2. The zero-order valence-corrected chi connectivity index (χ0v) is 18.2. The first-order valence-corrected chi connectivity index (χ1v) is 11.2. The highest BCUT2D eigenvalue weighted by molar-refractivity contribution is 6.07. The molecule has 1 N–H and O–H groups in total. The number of likely N-dealkylation sites (tertiary alicyclic amines) is 1. The van der Waals surface area contributed by atoms with Gasteiger partial charge in [0.15, 0.2) is 0 Å². The van der Waals surface area contributed by atoms with E-state index in [1.54, 1.807) is 0 Å². The standard InChI is InChI=1S/C25H29N3O4/c29-22(13-7-10-20-8-3-1-4-9-20)27-16-14-25(15-17-27)23(30)28(24(31)26-25)18-19-32-21-11-5-2-6-12-21/h1-6,8-9,11-12H,7,10,13-19H2,(H,26,31). The summed E-state index contributed by atoms with van der Waals surface area (Å²) < 4.78 is 5.63. The third-order valence-corrected chi connectivity index (χ3v) is 6.24. The van der Waals surface area contributed by atoms with Crippen molar-refractivity contribution in [2.45, 2.75) is 37.6 Å². The van der Waals surface area contributed by atoms with Gasteiger partial charge in [0.25, 0.3) is 5.91 Å². The van der Waals surface area contributed by atoms with Gasteiger partial charge in [-0.15, -0.1) is 0 Å². The second-order valence-electron chi connectivity index (χ2n) is 8.35. The van der Waals surface area contributed by atoms with Crippen LogP contribution in [0.25, 0.3) is 0 Å². The molecule has 0 saturated carbocycles. The third-order valence-electron chi connectivity index (χ3n) is 6.24. The average molecular weight is 436 g/mol. The van der Waals surface area contributed by atoms with E-state index in [0.717, 1.165) is 12.8 Å². The first-order chi connectivity index (χ1) is 15.6. The highest BCUT2D eigenvalue weighted by Gasteiger charge is 2.52. The van der Waals surface area contributed by atoms with Crippen molar-refractivity contribution in [3.63, 3.8) is 0 Å². The molecular formula is C25H29N3O4. The Kier molecular flexibility index (Phi) is 6.73. The zero-order valence-electron chi connectivity index (χ0n) is 18.2. The molecule has 2 aromatic rings. The van der Waals surface area contributed by atoms with Crippen LogP contribution >= 0.6 is 0 Å². The maximum atomic E-state index is 13.0. The molecule has 168 valence electrons. The van der Waals surface area contributed by atoms with Gasteiger partial charge in [-0.3, -0.25) is 14.5 Å². The van der Waals surface area contributed by atoms with E-state index < -0.39 is 5.54 Å². The Labute approximate surface area is 188 Å². The number of nitrogens with zero attached hydrogens (tertiary/aromatic N) is 2. The SMILES string of the molecule is O=C(CCCc1ccccc1)N1CCC2(CC1)NC(=O)N(CCOc1ccccc1)C2=O. The summed E-state index contributed by atoms with van der Waals surface area (Å²) >= 11 is 0. The van der Waals surface area contributed by atoms with Crippen molar-refractivity contribution in [3.05, 3.63) is 66.2 Å². The maximum Gasteiger partial charge on any atom is 0.325 e. The molecule has 0 atom stereocenters. The molecule has 2 heterocycles. The first kappa shape index (κ1) is 21.9. The number of nitrogens with one attached hydrogen (secondary N) is 1. The molecule has 0 bridgehead atoms. The van der Waals surface area contributed by atoms with Crippen LogP contribution in [0.1, 0.15) is 31.2 Å². The lowest BCUT2D eigenvalue weighted by molar-refractivity contribution is -0.138. The fourth-order valence-electron chi connectivity index (χ4n) is 4.37. The molecule has 4 amide bonds. The topological polar surface area (TPSA) is 79.0 Å². The summed E-state index contributed by atoms with van der Waals surface area (Å²) in [6.07, 6.45) is 3.05. The van der Waals surface area contributed by atoms with Crippen LogP contribution in [0.2, 0.25) is 0 Å². The summed E-state index contributed by atoms with van der Waals surface area (Å²) in [4.78, 5) is 41.1. The third kappa shape index (κ3) is 4.93. The second-order valence-corrected chi connectivity index (χ2v) is 8.35. The zero-order chi connectivity index (χ0) is 22.4. The molecule has 2 fully saturated rings. The fraction of sp³-hybridized carbons (Fsp3) is 0.400. The van der Waals surface area contributed by atoms with Gasteiger partial charge in [0.05, 0.1) is 6.54 Å². The molecule has 1 spiro atoms. The quantitative estimate of drug-likeness (QED) is 0.647.